The molecule has 0 unspecified atom stereocenters. The van der Waals surface area contributed by atoms with E-state index in [1.54, 1.807) is 15.7 Å². The Bertz CT molecular complexity index is 333. The number of rotatable bonds is 3. The highest BCUT2D eigenvalue weighted by molar-refractivity contribution is 7.86. The molecule has 0 aromatic rings. The summed E-state index contributed by atoms with van der Waals surface area (Å²) in [7, 11) is -1.49. The van der Waals surface area contributed by atoms with Gasteiger partial charge in [0.25, 0.3) is 10.2 Å². The van der Waals surface area contributed by atoms with Gasteiger partial charge in [-0.25, -0.2) is 0 Å². The number of hydrogen-bond acceptors (Lipinski definition) is 3. The molecule has 1 N–H and O–H groups in total. The molecule has 5 nitrogen and oxygen atoms in total. The molecule has 0 atom stereocenters. The van der Waals surface area contributed by atoms with Crippen molar-refractivity contribution in [2.45, 2.75) is 38.1 Å². The Morgan fingerprint density at radius 2 is 1.71 bits per heavy atom. The zero-order chi connectivity index (χ0) is 12.3. The molecule has 6 heteroatoms. The zero-order valence-corrected chi connectivity index (χ0v) is 11.4. The monoisotopic (exact) mass is 261 g/mol. The summed E-state index contributed by atoms with van der Waals surface area (Å²) in [5.41, 5.74) is 0. The molecule has 0 amide bonds. The van der Waals surface area contributed by atoms with Crippen molar-refractivity contribution in [3.8, 4) is 0 Å². The third-order valence-corrected chi connectivity index (χ3v) is 5.90. The first-order valence-corrected chi connectivity index (χ1v) is 7.96. The summed E-state index contributed by atoms with van der Waals surface area (Å²) in [6, 6.07) is 0.212. The van der Waals surface area contributed by atoms with E-state index < -0.39 is 10.2 Å². The molecule has 0 spiro atoms. The predicted octanol–water partition coefficient (Wildman–Crippen LogP) is 0.401. The molecule has 2 rings (SSSR count). The van der Waals surface area contributed by atoms with Crippen molar-refractivity contribution in [3.05, 3.63) is 0 Å². The van der Waals surface area contributed by atoms with E-state index in [0.717, 1.165) is 38.8 Å². The average Bonchev–Trinajstić information content (AvgIpc) is 2.40. The highest BCUT2D eigenvalue weighted by Crippen LogP contribution is 2.24. The van der Waals surface area contributed by atoms with Gasteiger partial charge in [-0.05, 0) is 12.8 Å². The fourth-order valence-corrected chi connectivity index (χ4v) is 4.29. The lowest BCUT2D eigenvalue weighted by Gasteiger charge is -2.36. The first-order valence-electron chi connectivity index (χ1n) is 6.56. The van der Waals surface area contributed by atoms with Crippen LogP contribution in [0.1, 0.15) is 32.1 Å². The van der Waals surface area contributed by atoms with E-state index in [-0.39, 0.29) is 6.04 Å². The van der Waals surface area contributed by atoms with E-state index >= 15 is 0 Å². The van der Waals surface area contributed by atoms with Crippen LogP contribution in [0.25, 0.3) is 0 Å². The molecule has 1 aliphatic carbocycles. The molecular weight excluding hydrogens is 238 g/mol. The van der Waals surface area contributed by atoms with Gasteiger partial charge >= 0.3 is 0 Å². The molecule has 1 heterocycles. The van der Waals surface area contributed by atoms with Crippen LogP contribution < -0.4 is 5.32 Å². The summed E-state index contributed by atoms with van der Waals surface area (Å²) in [6.07, 6.45) is 5.60. The maximum absolute atomic E-state index is 12.4. The summed E-state index contributed by atoms with van der Waals surface area (Å²) in [5.74, 6) is 0. The van der Waals surface area contributed by atoms with Gasteiger partial charge < -0.3 is 5.32 Å². The molecule has 0 aromatic carbocycles. The minimum absolute atomic E-state index is 0.212. The second-order valence-corrected chi connectivity index (χ2v) is 6.95. The predicted molar refractivity (Wildman–Crippen MR) is 68.0 cm³/mol. The van der Waals surface area contributed by atoms with Crippen LogP contribution in [-0.2, 0) is 10.2 Å². The highest BCUT2D eigenvalue weighted by Gasteiger charge is 2.33. The van der Waals surface area contributed by atoms with Gasteiger partial charge in [0.2, 0.25) is 0 Å². The normalized spacial score (nSPS) is 25.3. The second-order valence-electron chi connectivity index (χ2n) is 4.96. The van der Waals surface area contributed by atoms with Gasteiger partial charge in [-0.1, -0.05) is 19.3 Å². The summed E-state index contributed by atoms with van der Waals surface area (Å²) in [4.78, 5) is 0. The molecule has 1 aliphatic heterocycles. The van der Waals surface area contributed by atoms with Crippen LogP contribution in [0, 0.1) is 0 Å². The molecule has 17 heavy (non-hydrogen) atoms. The SMILES string of the molecule is CN(C1CCCCC1)S(=O)(=O)N1CCNCC1. The zero-order valence-electron chi connectivity index (χ0n) is 10.6. The lowest BCUT2D eigenvalue weighted by Crippen LogP contribution is -2.53. The lowest BCUT2D eigenvalue weighted by atomic mass is 9.96. The van der Waals surface area contributed by atoms with Crippen molar-refractivity contribution in [1.82, 2.24) is 13.9 Å². The van der Waals surface area contributed by atoms with E-state index in [0.29, 0.717) is 13.1 Å². The summed E-state index contributed by atoms with van der Waals surface area (Å²) in [5, 5.41) is 3.18. The summed E-state index contributed by atoms with van der Waals surface area (Å²) in [6.45, 7) is 2.72. The fourth-order valence-electron chi connectivity index (χ4n) is 2.69. The van der Waals surface area contributed by atoms with E-state index in [1.807, 2.05) is 0 Å². The quantitative estimate of drug-likeness (QED) is 0.800. The van der Waals surface area contributed by atoms with E-state index in [4.69, 9.17) is 0 Å². The Morgan fingerprint density at radius 1 is 1.12 bits per heavy atom. The molecule has 1 saturated heterocycles. The van der Waals surface area contributed by atoms with Crippen LogP contribution in [0.15, 0.2) is 0 Å². The van der Waals surface area contributed by atoms with Crippen molar-refractivity contribution in [1.29, 1.82) is 0 Å². The van der Waals surface area contributed by atoms with Crippen LogP contribution in [0.3, 0.4) is 0 Å². The molecule has 0 radical (unpaired) electrons. The number of nitrogens with one attached hydrogen (secondary N) is 1. The van der Waals surface area contributed by atoms with Gasteiger partial charge in [-0.2, -0.15) is 17.0 Å². The number of nitrogens with zero attached hydrogens (tertiary/aromatic N) is 2. The molecule has 0 aromatic heterocycles. The van der Waals surface area contributed by atoms with Gasteiger partial charge in [0.05, 0.1) is 0 Å². The topological polar surface area (TPSA) is 52.7 Å². The van der Waals surface area contributed by atoms with Crippen LogP contribution >= 0.6 is 0 Å². The van der Waals surface area contributed by atoms with Crippen molar-refractivity contribution in [2.24, 2.45) is 0 Å². The van der Waals surface area contributed by atoms with Crippen LogP contribution in [0.5, 0.6) is 0 Å². The molecule has 0 bridgehead atoms. The highest BCUT2D eigenvalue weighted by atomic mass is 32.2. The first-order chi connectivity index (χ1) is 8.12. The fraction of sp³-hybridized carbons (Fsp3) is 1.00. The standard InChI is InChI=1S/C11H23N3O2S/c1-13(11-5-3-2-4-6-11)17(15,16)14-9-7-12-8-10-14/h11-12H,2-10H2,1H3. The van der Waals surface area contributed by atoms with E-state index in [2.05, 4.69) is 5.32 Å². The molecule has 2 fully saturated rings. The van der Waals surface area contributed by atoms with Crippen molar-refractivity contribution < 1.29 is 8.42 Å². The third-order valence-electron chi connectivity index (χ3n) is 3.86. The molecular formula is C11H23N3O2S. The van der Waals surface area contributed by atoms with Gasteiger partial charge in [0, 0.05) is 39.3 Å². The van der Waals surface area contributed by atoms with E-state index in [9.17, 15) is 8.42 Å². The van der Waals surface area contributed by atoms with Gasteiger partial charge in [0.15, 0.2) is 0 Å². The summed E-state index contributed by atoms with van der Waals surface area (Å²) < 4.78 is 28.0. The Kier molecular flexibility index (Phi) is 4.41. The third kappa shape index (κ3) is 2.99. The molecule has 2 aliphatic rings. The molecule has 1 saturated carbocycles. The first kappa shape index (κ1) is 13.3. The summed E-state index contributed by atoms with van der Waals surface area (Å²) >= 11 is 0. The Labute approximate surface area is 104 Å². The Hall–Kier alpha value is -0.170. The maximum atomic E-state index is 12.4. The van der Waals surface area contributed by atoms with Crippen LogP contribution in [0.2, 0.25) is 0 Å². The van der Waals surface area contributed by atoms with Gasteiger partial charge in [-0.15, -0.1) is 0 Å². The number of hydrogen-bond donors (Lipinski definition) is 1. The lowest BCUT2D eigenvalue weighted by molar-refractivity contribution is 0.255. The average molecular weight is 261 g/mol. The Morgan fingerprint density at radius 3 is 2.29 bits per heavy atom. The largest absolute Gasteiger partial charge is 0.314 e. The number of piperazine rings is 1. The minimum atomic E-state index is -3.24. The van der Waals surface area contributed by atoms with Gasteiger partial charge in [-0.3, -0.25) is 0 Å². The minimum Gasteiger partial charge on any atom is -0.314 e. The van der Waals surface area contributed by atoms with E-state index in [1.165, 1.54) is 6.42 Å². The Balaban J connectivity index is 2.02. The second kappa shape index (κ2) is 5.65. The maximum Gasteiger partial charge on any atom is 0.282 e. The van der Waals surface area contributed by atoms with Crippen molar-refractivity contribution in [3.63, 3.8) is 0 Å². The van der Waals surface area contributed by atoms with Crippen LogP contribution in [0.4, 0.5) is 0 Å². The van der Waals surface area contributed by atoms with Crippen LogP contribution in [-0.4, -0.2) is 56.3 Å². The molecule has 100 valence electrons. The smallest absolute Gasteiger partial charge is 0.282 e. The van der Waals surface area contributed by atoms with Crippen molar-refractivity contribution >= 4 is 10.2 Å². The van der Waals surface area contributed by atoms with Crippen molar-refractivity contribution in [2.75, 3.05) is 33.2 Å². The van der Waals surface area contributed by atoms with Gasteiger partial charge in [0.1, 0.15) is 0 Å².